The Hall–Kier alpha value is -1.99. The maximum absolute atomic E-state index is 12.4. The summed E-state index contributed by atoms with van der Waals surface area (Å²) in [5.41, 5.74) is -0.732. The molecule has 0 atom stereocenters. The molecule has 0 saturated carbocycles. The Morgan fingerprint density at radius 3 is 2.21 bits per heavy atom. The molecule has 1 amide bonds. The van der Waals surface area contributed by atoms with Gasteiger partial charge in [-0.05, 0) is 25.9 Å². The SMILES string of the molecule is COc1cc(OC)cc(OCCNC(=O)C2(OC)CCNCC2)c1. The summed E-state index contributed by atoms with van der Waals surface area (Å²) >= 11 is 0. The highest BCUT2D eigenvalue weighted by Gasteiger charge is 2.39. The number of amides is 1. The van der Waals surface area contributed by atoms with Crippen LogP contribution in [0.15, 0.2) is 18.2 Å². The number of piperidine rings is 1. The van der Waals surface area contributed by atoms with Crippen molar-refractivity contribution >= 4 is 5.91 Å². The van der Waals surface area contributed by atoms with Crippen LogP contribution in [-0.2, 0) is 9.53 Å². The van der Waals surface area contributed by atoms with Crippen LogP contribution >= 0.6 is 0 Å². The maximum Gasteiger partial charge on any atom is 0.252 e. The summed E-state index contributed by atoms with van der Waals surface area (Å²) in [5, 5.41) is 6.12. The van der Waals surface area contributed by atoms with E-state index >= 15 is 0 Å². The number of hydrogen-bond donors (Lipinski definition) is 2. The van der Waals surface area contributed by atoms with Crippen molar-refractivity contribution in [3.05, 3.63) is 18.2 Å². The molecule has 1 aromatic carbocycles. The van der Waals surface area contributed by atoms with Gasteiger partial charge in [0.15, 0.2) is 0 Å². The fraction of sp³-hybridized carbons (Fsp3) is 0.588. The van der Waals surface area contributed by atoms with Crippen molar-refractivity contribution in [3.8, 4) is 17.2 Å². The monoisotopic (exact) mass is 338 g/mol. The molecular weight excluding hydrogens is 312 g/mol. The van der Waals surface area contributed by atoms with E-state index in [1.807, 2.05) is 0 Å². The molecule has 0 aliphatic carbocycles. The van der Waals surface area contributed by atoms with Crippen LogP contribution in [0.5, 0.6) is 17.2 Å². The summed E-state index contributed by atoms with van der Waals surface area (Å²) in [6, 6.07) is 5.32. The molecule has 7 heteroatoms. The first kappa shape index (κ1) is 18.4. The van der Waals surface area contributed by atoms with E-state index in [-0.39, 0.29) is 5.91 Å². The van der Waals surface area contributed by atoms with Gasteiger partial charge in [-0.3, -0.25) is 4.79 Å². The smallest absolute Gasteiger partial charge is 0.252 e. The van der Waals surface area contributed by atoms with Crippen LogP contribution in [0.4, 0.5) is 0 Å². The fourth-order valence-corrected chi connectivity index (χ4v) is 2.71. The van der Waals surface area contributed by atoms with E-state index in [1.165, 1.54) is 0 Å². The summed E-state index contributed by atoms with van der Waals surface area (Å²) in [6.45, 7) is 2.31. The highest BCUT2D eigenvalue weighted by atomic mass is 16.5. The van der Waals surface area contributed by atoms with Crippen LogP contribution in [0.25, 0.3) is 0 Å². The van der Waals surface area contributed by atoms with E-state index in [4.69, 9.17) is 18.9 Å². The summed E-state index contributed by atoms with van der Waals surface area (Å²) in [7, 11) is 4.76. The summed E-state index contributed by atoms with van der Waals surface area (Å²) in [4.78, 5) is 12.4. The van der Waals surface area contributed by atoms with Crippen LogP contribution in [0.1, 0.15) is 12.8 Å². The predicted molar refractivity (Wildman–Crippen MR) is 89.9 cm³/mol. The van der Waals surface area contributed by atoms with Crippen molar-refractivity contribution in [1.29, 1.82) is 0 Å². The predicted octanol–water partition coefficient (Wildman–Crippen LogP) is 0.967. The minimum atomic E-state index is -0.732. The van der Waals surface area contributed by atoms with Crippen LogP contribution < -0.4 is 24.8 Å². The molecule has 134 valence electrons. The molecule has 1 aliphatic rings. The van der Waals surface area contributed by atoms with E-state index < -0.39 is 5.60 Å². The second kappa shape index (κ2) is 8.75. The van der Waals surface area contributed by atoms with Crippen molar-refractivity contribution < 1.29 is 23.7 Å². The van der Waals surface area contributed by atoms with Crippen LogP contribution in [0, 0.1) is 0 Å². The quantitative estimate of drug-likeness (QED) is 0.688. The molecule has 2 N–H and O–H groups in total. The molecule has 2 rings (SSSR count). The average molecular weight is 338 g/mol. The van der Waals surface area contributed by atoms with Gasteiger partial charge in [0.25, 0.3) is 5.91 Å². The normalized spacial score (nSPS) is 16.3. The van der Waals surface area contributed by atoms with Gasteiger partial charge in [0, 0.05) is 25.3 Å². The lowest BCUT2D eigenvalue weighted by molar-refractivity contribution is -0.146. The Morgan fingerprint density at radius 1 is 1.08 bits per heavy atom. The number of methoxy groups -OCH3 is 3. The van der Waals surface area contributed by atoms with Crippen LogP contribution in [0.2, 0.25) is 0 Å². The van der Waals surface area contributed by atoms with Gasteiger partial charge >= 0.3 is 0 Å². The molecular formula is C17H26N2O5. The summed E-state index contributed by atoms with van der Waals surface area (Å²) < 4.78 is 21.6. The van der Waals surface area contributed by atoms with Crippen molar-refractivity contribution in [2.75, 3.05) is 47.6 Å². The van der Waals surface area contributed by atoms with Gasteiger partial charge in [-0.25, -0.2) is 0 Å². The fourth-order valence-electron chi connectivity index (χ4n) is 2.71. The van der Waals surface area contributed by atoms with E-state index in [9.17, 15) is 4.79 Å². The lowest BCUT2D eigenvalue weighted by atomic mass is 9.91. The zero-order valence-corrected chi connectivity index (χ0v) is 14.5. The first-order valence-corrected chi connectivity index (χ1v) is 8.03. The third-order valence-corrected chi connectivity index (χ3v) is 4.20. The van der Waals surface area contributed by atoms with Crippen molar-refractivity contribution in [2.24, 2.45) is 0 Å². The number of benzene rings is 1. The number of hydrogen-bond acceptors (Lipinski definition) is 6. The Kier molecular flexibility index (Phi) is 6.69. The Balaban J connectivity index is 1.83. The molecule has 1 aliphatic heterocycles. The van der Waals surface area contributed by atoms with Gasteiger partial charge in [0.05, 0.1) is 20.8 Å². The number of nitrogens with one attached hydrogen (secondary N) is 2. The topological polar surface area (TPSA) is 78.0 Å². The number of rotatable bonds is 8. The Bertz CT molecular complexity index is 522. The lowest BCUT2D eigenvalue weighted by Crippen LogP contribution is -2.54. The first-order valence-electron chi connectivity index (χ1n) is 8.03. The highest BCUT2D eigenvalue weighted by molar-refractivity contribution is 5.85. The third-order valence-electron chi connectivity index (χ3n) is 4.20. The van der Waals surface area contributed by atoms with Crippen molar-refractivity contribution in [1.82, 2.24) is 10.6 Å². The Morgan fingerprint density at radius 2 is 1.67 bits per heavy atom. The number of carbonyl (C=O) groups excluding carboxylic acids is 1. The average Bonchev–Trinajstić information content (AvgIpc) is 2.65. The molecule has 24 heavy (non-hydrogen) atoms. The molecule has 7 nitrogen and oxygen atoms in total. The molecule has 0 unspecified atom stereocenters. The standard InChI is InChI=1S/C17H26N2O5/c1-21-13-10-14(22-2)12-15(11-13)24-9-8-19-16(20)17(23-3)4-6-18-7-5-17/h10-12,18H,4-9H2,1-3H3,(H,19,20). The zero-order valence-electron chi connectivity index (χ0n) is 14.5. The second-order valence-electron chi connectivity index (χ2n) is 5.60. The molecule has 1 aromatic rings. The molecule has 1 fully saturated rings. The highest BCUT2D eigenvalue weighted by Crippen LogP contribution is 2.27. The van der Waals surface area contributed by atoms with Gasteiger partial charge in [-0.2, -0.15) is 0 Å². The van der Waals surface area contributed by atoms with Crippen LogP contribution in [-0.4, -0.2) is 59.1 Å². The third kappa shape index (κ3) is 4.52. The molecule has 0 aromatic heterocycles. The van der Waals surface area contributed by atoms with E-state index in [0.29, 0.717) is 43.2 Å². The molecule has 1 saturated heterocycles. The van der Waals surface area contributed by atoms with Gasteiger partial charge in [0.2, 0.25) is 0 Å². The number of ether oxygens (including phenoxy) is 4. The molecule has 0 radical (unpaired) electrons. The Labute approximate surface area is 142 Å². The van der Waals surface area contributed by atoms with Crippen molar-refractivity contribution in [2.45, 2.75) is 18.4 Å². The summed E-state index contributed by atoms with van der Waals surface area (Å²) in [5.74, 6) is 1.85. The largest absolute Gasteiger partial charge is 0.496 e. The van der Waals surface area contributed by atoms with E-state index in [0.717, 1.165) is 13.1 Å². The van der Waals surface area contributed by atoms with E-state index in [2.05, 4.69) is 10.6 Å². The van der Waals surface area contributed by atoms with Gasteiger partial charge < -0.3 is 29.6 Å². The van der Waals surface area contributed by atoms with Crippen LogP contribution in [0.3, 0.4) is 0 Å². The number of carbonyl (C=O) groups is 1. The zero-order chi connectivity index (χ0) is 17.4. The van der Waals surface area contributed by atoms with E-state index in [1.54, 1.807) is 39.5 Å². The van der Waals surface area contributed by atoms with Gasteiger partial charge in [-0.15, -0.1) is 0 Å². The summed E-state index contributed by atoms with van der Waals surface area (Å²) in [6.07, 6.45) is 1.34. The van der Waals surface area contributed by atoms with Gasteiger partial charge in [0.1, 0.15) is 29.5 Å². The molecule has 0 spiro atoms. The van der Waals surface area contributed by atoms with Gasteiger partial charge in [-0.1, -0.05) is 0 Å². The van der Waals surface area contributed by atoms with Crippen molar-refractivity contribution in [3.63, 3.8) is 0 Å². The second-order valence-corrected chi connectivity index (χ2v) is 5.60. The molecule has 0 bridgehead atoms. The maximum atomic E-state index is 12.4. The first-order chi connectivity index (χ1) is 11.6. The minimum Gasteiger partial charge on any atom is -0.496 e. The lowest BCUT2D eigenvalue weighted by Gasteiger charge is -2.34. The minimum absolute atomic E-state index is 0.0849. The molecule has 1 heterocycles.